The molecular formula is C41H37NOS. The lowest BCUT2D eigenvalue weighted by Gasteiger charge is -2.43. The molecule has 0 aromatic heterocycles. The molecule has 2 nitrogen and oxygen atoms in total. The molecule has 6 aromatic carbocycles. The van der Waals surface area contributed by atoms with Gasteiger partial charge in [0.1, 0.15) is 0 Å². The van der Waals surface area contributed by atoms with E-state index in [1.807, 2.05) is 0 Å². The molecule has 1 aliphatic heterocycles. The average Bonchev–Trinajstić information content (AvgIpc) is 3.39. The molecule has 3 heteroatoms. The fraction of sp³-hybridized carbons (Fsp3) is 0.122. The van der Waals surface area contributed by atoms with E-state index in [-0.39, 0.29) is 0 Å². The largest absolute Gasteiger partial charge is 0.424 e. The van der Waals surface area contributed by atoms with Crippen LogP contribution in [0, 0.1) is 20.8 Å². The molecule has 44 heavy (non-hydrogen) atoms. The number of fused-ring (bicyclic) bond motifs is 1. The van der Waals surface area contributed by atoms with Gasteiger partial charge in [-0.15, -0.1) is 0 Å². The van der Waals surface area contributed by atoms with Gasteiger partial charge in [0.2, 0.25) is 0 Å². The summed E-state index contributed by atoms with van der Waals surface area (Å²) in [6.07, 6.45) is 0.889. The number of aryl methyl sites for hydroxylation is 4. The minimum absolute atomic E-state index is 0.851. The Bertz CT molecular complexity index is 1920. The summed E-state index contributed by atoms with van der Waals surface area (Å²) in [5.74, 6) is 1.82. The minimum atomic E-state index is -2.01. The Hall–Kier alpha value is -4.73. The molecule has 0 saturated heterocycles. The first-order chi connectivity index (χ1) is 21.5. The monoisotopic (exact) mass is 591 g/mol. The summed E-state index contributed by atoms with van der Waals surface area (Å²) in [5, 5.41) is 0. The summed E-state index contributed by atoms with van der Waals surface area (Å²) in [4.78, 5) is 1.23. The van der Waals surface area contributed by atoms with Gasteiger partial charge in [-0.2, -0.15) is 0 Å². The second kappa shape index (κ2) is 11.7. The quantitative estimate of drug-likeness (QED) is 0.183. The molecule has 7 rings (SSSR count). The highest BCUT2D eigenvalue weighted by Crippen LogP contribution is 2.70. The lowest BCUT2D eigenvalue weighted by Crippen LogP contribution is -2.26. The molecule has 0 fully saturated rings. The van der Waals surface area contributed by atoms with Crippen LogP contribution in [-0.4, -0.2) is 5.75 Å². The number of benzene rings is 6. The van der Waals surface area contributed by atoms with Crippen LogP contribution in [-0.2, 0) is 6.42 Å². The summed E-state index contributed by atoms with van der Waals surface area (Å²) in [7, 11) is -2.01. The third kappa shape index (κ3) is 5.29. The Labute approximate surface area is 263 Å². The fourth-order valence-corrected chi connectivity index (χ4v) is 9.39. The zero-order valence-electron chi connectivity index (χ0n) is 25.5. The van der Waals surface area contributed by atoms with Gasteiger partial charge in [0.15, 0.2) is 5.75 Å². The molecule has 1 heterocycles. The van der Waals surface area contributed by atoms with Crippen molar-refractivity contribution in [3.05, 3.63) is 168 Å². The molecule has 0 amide bonds. The Kier molecular flexibility index (Phi) is 7.49. The summed E-state index contributed by atoms with van der Waals surface area (Å²) >= 11 is 0. The van der Waals surface area contributed by atoms with Crippen LogP contribution in [0.4, 0.5) is 11.4 Å². The maximum Gasteiger partial charge on any atom is 0.162 e. The maximum atomic E-state index is 7.35. The van der Waals surface area contributed by atoms with Crippen molar-refractivity contribution in [1.29, 1.82) is 0 Å². The predicted octanol–water partition coefficient (Wildman–Crippen LogP) is 11.4. The highest BCUT2D eigenvalue weighted by molar-refractivity contribution is 8.31. The summed E-state index contributed by atoms with van der Waals surface area (Å²) in [6, 6.07) is 52.8. The molecular weight excluding hydrogens is 555 g/mol. The maximum absolute atomic E-state index is 7.35. The van der Waals surface area contributed by atoms with Gasteiger partial charge >= 0.3 is 0 Å². The van der Waals surface area contributed by atoms with Crippen LogP contribution in [0.5, 0.6) is 5.75 Å². The first kappa shape index (κ1) is 28.1. The Morgan fingerprint density at radius 3 is 1.82 bits per heavy atom. The zero-order chi connectivity index (χ0) is 30.1. The SMILES string of the molecule is Cc1ccc(N2c3cc(C)c(C)cc3OS2(CCc2cccc(-c3ccccc3)c2)c2cccc(-c3ccccc3)c2)cc1. The molecule has 1 unspecified atom stereocenters. The first-order valence-electron chi connectivity index (χ1n) is 15.3. The van der Waals surface area contributed by atoms with Crippen molar-refractivity contribution in [1.82, 2.24) is 0 Å². The molecule has 0 N–H and O–H groups in total. The van der Waals surface area contributed by atoms with E-state index in [0.29, 0.717) is 0 Å². The van der Waals surface area contributed by atoms with Crippen LogP contribution in [0.1, 0.15) is 22.3 Å². The summed E-state index contributed by atoms with van der Waals surface area (Å²) < 4.78 is 9.88. The van der Waals surface area contributed by atoms with Gasteiger partial charge < -0.3 is 4.18 Å². The Morgan fingerprint density at radius 1 is 0.545 bits per heavy atom. The Morgan fingerprint density at radius 2 is 1.14 bits per heavy atom. The van der Waals surface area contributed by atoms with Gasteiger partial charge in [-0.25, -0.2) is 0 Å². The number of nitrogens with zero attached hydrogens (tertiary/aromatic N) is 1. The van der Waals surface area contributed by atoms with Crippen LogP contribution in [0.2, 0.25) is 0 Å². The molecule has 0 saturated carbocycles. The van der Waals surface area contributed by atoms with Gasteiger partial charge in [-0.3, -0.25) is 4.31 Å². The summed E-state index contributed by atoms with van der Waals surface area (Å²) in [6.45, 7) is 6.52. The highest BCUT2D eigenvalue weighted by Gasteiger charge is 2.44. The van der Waals surface area contributed by atoms with Gasteiger partial charge in [-0.05, 0) is 103 Å². The van der Waals surface area contributed by atoms with E-state index in [1.165, 1.54) is 49.4 Å². The van der Waals surface area contributed by atoms with Crippen LogP contribution in [0.15, 0.2) is 150 Å². The molecule has 0 aliphatic carbocycles. The number of hydrogen-bond acceptors (Lipinski definition) is 2. The lowest BCUT2D eigenvalue weighted by molar-refractivity contribution is 0.632. The van der Waals surface area contributed by atoms with Crippen LogP contribution < -0.4 is 8.49 Å². The van der Waals surface area contributed by atoms with Crippen molar-refractivity contribution in [2.24, 2.45) is 0 Å². The van der Waals surface area contributed by atoms with E-state index in [2.05, 4.69) is 171 Å². The predicted molar refractivity (Wildman–Crippen MR) is 188 cm³/mol. The third-order valence-corrected chi connectivity index (χ3v) is 11.8. The number of anilines is 2. The standard InChI is InChI=1S/C41H37NOS/c1-30-20-22-38(23-21-30)42-40-26-31(2)32(3)27-41(40)43-44(42,39-19-11-18-37(29-39)35-15-8-5-9-16-35)25-24-33-12-10-17-36(28-33)34-13-6-4-7-14-34/h4-23,26-29H,24-25H2,1-3H3. The topological polar surface area (TPSA) is 12.5 Å². The van der Waals surface area contributed by atoms with E-state index >= 15 is 0 Å². The van der Waals surface area contributed by atoms with E-state index in [4.69, 9.17) is 4.18 Å². The minimum Gasteiger partial charge on any atom is -0.424 e. The van der Waals surface area contributed by atoms with E-state index in [0.717, 1.165) is 29.3 Å². The van der Waals surface area contributed by atoms with Crippen molar-refractivity contribution < 1.29 is 4.18 Å². The van der Waals surface area contributed by atoms with Gasteiger partial charge in [0.05, 0.1) is 11.4 Å². The van der Waals surface area contributed by atoms with E-state index in [1.54, 1.807) is 0 Å². The van der Waals surface area contributed by atoms with Crippen molar-refractivity contribution >= 4 is 21.9 Å². The van der Waals surface area contributed by atoms with Crippen LogP contribution in [0.3, 0.4) is 0 Å². The second-order valence-electron chi connectivity index (χ2n) is 11.7. The smallest absolute Gasteiger partial charge is 0.162 e. The van der Waals surface area contributed by atoms with Gasteiger partial charge in [0.25, 0.3) is 0 Å². The number of hydrogen-bond donors (Lipinski definition) is 0. The fourth-order valence-electron chi connectivity index (χ4n) is 6.04. The van der Waals surface area contributed by atoms with Gasteiger partial charge in [0, 0.05) is 21.1 Å². The summed E-state index contributed by atoms with van der Waals surface area (Å²) in [5.41, 5.74) is 12.3. The highest BCUT2D eigenvalue weighted by atomic mass is 32.3. The van der Waals surface area contributed by atoms with Crippen molar-refractivity contribution in [3.8, 4) is 28.0 Å². The van der Waals surface area contributed by atoms with Crippen LogP contribution >= 0.6 is 10.5 Å². The lowest BCUT2D eigenvalue weighted by atomic mass is 10.0. The second-order valence-corrected chi connectivity index (χ2v) is 14.4. The third-order valence-electron chi connectivity index (χ3n) is 8.60. The molecule has 0 spiro atoms. The Balaban J connectivity index is 1.38. The molecule has 218 valence electrons. The molecule has 0 bridgehead atoms. The normalized spacial score (nSPS) is 17.0. The molecule has 1 atom stereocenters. The first-order valence-corrected chi connectivity index (χ1v) is 17.0. The number of rotatable bonds is 7. The molecule has 6 aromatic rings. The average molecular weight is 592 g/mol. The van der Waals surface area contributed by atoms with Crippen LogP contribution in [0.25, 0.3) is 22.3 Å². The van der Waals surface area contributed by atoms with E-state index < -0.39 is 10.5 Å². The van der Waals surface area contributed by atoms with Crippen molar-refractivity contribution in [3.63, 3.8) is 0 Å². The molecule has 0 radical (unpaired) electrons. The van der Waals surface area contributed by atoms with Crippen molar-refractivity contribution in [2.45, 2.75) is 32.1 Å². The zero-order valence-corrected chi connectivity index (χ0v) is 26.4. The molecule has 1 aliphatic rings. The van der Waals surface area contributed by atoms with E-state index in [9.17, 15) is 0 Å². The van der Waals surface area contributed by atoms with Gasteiger partial charge in [-0.1, -0.05) is 115 Å². The van der Waals surface area contributed by atoms with Crippen molar-refractivity contribution in [2.75, 3.05) is 10.1 Å².